The molecule has 4 nitrogen and oxygen atoms in total. The van der Waals surface area contributed by atoms with Crippen molar-refractivity contribution in [2.75, 3.05) is 13.2 Å². The van der Waals surface area contributed by atoms with Crippen molar-refractivity contribution in [1.82, 2.24) is 4.90 Å². The van der Waals surface area contributed by atoms with Crippen molar-refractivity contribution in [2.45, 2.75) is 45.4 Å². The molecular weight excluding hydrogens is 280 g/mol. The van der Waals surface area contributed by atoms with Gasteiger partial charge in [-0.1, -0.05) is 11.8 Å². The van der Waals surface area contributed by atoms with Crippen molar-refractivity contribution in [3.8, 4) is 6.07 Å². The Bertz CT molecular complexity index is 391. The number of rotatable bonds is 5. The summed E-state index contributed by atoms with van der Waals surface area (Å²) in [5.41, 5.74) is -0.484. The Morgan fingerprint density at radius 2 is 2.37 bits per heavy atom. The molecule has 1 aliphatic rings. The molecule has 0 radical (unpaired) electrons. The molecular formula is C13H20N2O2S2. The summed E-state index contributed by atoms with van der Waals surface area (Å²) in [7, 11) is 0. The third-order valence-corrected chi connectivity index (χ3v) is 4.35. The van der Waals surface area contributed by atoms with E-state index in [9.17, 15) is 4.79 Å². The SMILES string of the molecule is CCOC(=S)SC(CC(C)(C)C#N)N1CCCC1=O. The molecule has 106 valence electrons. The average Bonchev–Trinajstić information content (AvgIpc) is 2.75. The number of nitrogens with zero attached hydrogens (tertiary/aromatic N) is 2. The second-order valence-corrected chi connectivity index (χ2v) is 6.93. The predicted molar refractivity (Wildman–Crippen MR) is 80.6 cm³/mol. The zero-order valence-corrected chi connectivity index (χ0v) is 13.3. The monoisotopic (exact) mass is 300 g/mol. The Hall–Kier alpha value is -0.800. The van der Waals surface area contributed by atoms with Crippen LogP contribution in [0.4, 0.5) is 0 Å². The minimum atomic E-state index is -0.484. The second-order valence-electron chi connectivity index (χ2n) is 5.15. The molecule has 1 heterocycles. The number of carbonyl (C=O) groups is 1. The molecule has 0 aliphatic carbocycles. The highest BCUT2D eigenvalue weighted by molar-refractivity contribution is 8.23. The summed E-state index contributed by atoms with van der Waals surface area (Å²) in [5.74, 6) is 0.144. The fourth-order valence-corrected chi connectivity index (χ4v) is 3.64. The van der Waals surface area contributed by atoms with Gasteiger partial charge in [-0.25, -0.2) is 0 Å². The van der Waals surface area contributed by atoms with Gasteiger partial charge in [-0.15, -0.1) is 0 Å². The first-order chi connectivity index (χ1) is 8.89. The first-order valence-corrected chi connectivity index (χ1v) is 7.72. The highest BCUT2D eigenvalue weighted by Gasteiger charge is 2.34. The van der Waals surface area contributed by atoms with Crippen molar-refractivity contribution < 1.29 is 9.53 Å². The summed E-state index contributed by atoms with van der Waals surface area (Å²) in [6.45, 7) is 6.90. The molecule has 0 saturated carbocycles. The Balaban J connectivity index is 2.76. The summed E-state index contributed by atoms with van der Waals surface area (Å²) in [6.07, 6.45) is 2.06. The summed E-state index contributed by atoms with van der Waals surface area (Å²) in [4.78, 5) is 13.7. The quantitative estimate of drug-likeness (QED) is 0.731. The van der Waals surface area contributed by atoms with Crippen LogP contribution in [0.1, 0.15) is 40.0 Å². The number of ether oxygens (including phenoxy) is 1. The molecule has 0 bridgehead atoms. The molecule has 0 aromatic carbocycles. The van der Waals surface area contributed by atoms with Gasteiger partial charge < -0.3 is 9.64 Å². The van der Waals surface area contributed by atoms with E-state index in [1.165, 1.54) is 11.8 Å². The van der Waals surface area contributed by atoms with Gasteiger partial charge in [-0.2, -0.15) is 5.26 Å². The van der Waals surface area contributed by atoms with E-state index < -0.39 is 5.41 Å². The first kappa shape index (κ1) is 16.3. The van der Waals surface area contributed by atoms with Crippen LogP contribution in [-0.4, -0.2) is 33.7 Å². The lowest BCUT2D eigenvalue weighted by Gasteiger charge is -2.31. The maximum atomic E-state index is 11.9. The molecule has 0 aromatic heterocycles. The lowest BCUT2D eigenvalue weighted by Crippen LogP contribution is -2.37. The van der Waals surface area contributed by atoms with E-state index in [1.807, 2.05) is 25.7 Å². The molecule has 0 spiro atoms. The molecule has 1 rings (SSSR count). The van der Waals surface area contributed by atoms with Gasteiger partial charge in [0.15, 0.2) is 0 Å². The Kier molecular flexibility index (Phi) is 6.08. The minimum Gasteiger partial charge on any atom is -0.479 e. The highest BCUT2D eigenvalue weighted by Crippen LogP contribution is 2.33. The van der Waals surface area contributed by atoms with E-state index in [1.54, 1.807) is 0 Å². The number of amides is 1. The van der Waals surface area contributed by atoms with Crippen molar-refractivity contribution in [1.29, 1.82) is 5.26 Å². The van der Waals surface area contributed by atoms with Gasteiger partial charge in [-0.3, -0.25) is 4.79 Å². The third kappa shape index (κ3) is 5.00. The average molecular weight is 300 g/mol. The largest absolute Gasteiger partial charge is 0.479 e. The lowest BCUT2D eigenvalue weighted by molar-refractivity contribution is -0.128. The normalized spacial score (nSPS) is 17.2. The van der Waals surface area contributed by atoms with Crippen LogP contribution in [0.3, 0.4) is 0 Å². The third-order valence-electron chi connectivity index (χ3n) is 2.94. The standard InChI is InChI=1S/C13H20N2O2S2/c1-4-17-12(18)19-11(8-13(2,3)9-14)15-7-5-6-10(15)16/h11H,4-8H2,1-3H3. The van der Waals surface area contributed by atoms with Gasteiger partial charge in [0.1, 0.15) is 0 Å². The van der Waals surface area contributed by atoms with E-state index in [2.05, 4.69) is 6.07 Å². The number of hydrogen-bond acceptors (Lipinski definition) is 5. The molecule has 6 heteroatoms. The van der Waals surface area contributed by atoms with Crippen LogP contribution in [0.2, 0.25) is 0 Å². The molecule has 1 saturated heterocycles. The molecule has 19 heavy (non-hydrogen) atoms. The highest BCUT2D eigenvalue weighted by atomic mass is 32.2. The van der Waals surface area contributed by atoms with Crippen LogP contribution in [0.15, 0.2) is 0 Å². The van der Waals surface area contributed by atoms with E-state index in [0.717, 1.165) is 13.0 Å². The summed E-state index contributed by atoms with van der Waals surface area (Å²) >= 11 is 6.52. The number of likely N-dealkylation sites (tertiary alicyclic amines) is 1. The number of carbonyl (C=O) groups excluding carboxylic acids is 1. The predicted octanol–water partition coefficient (Wildman–Crippen LogP) is 2.93. The van der Waals surface area contributed by atoms with Crippen molar-refractivity contribution in [3.63, 3.8) is 0 Å². The summed E-state index contributed by atoms with van der Waals surface area (Å²) in [6, 6.07) is 2.28. The van der Waals surface area contributed by atoms with Crippen LogP contribution < -0.4 is 0 Å². The van der Waals surface area contributed by atoms with Gasteiger partial charge in [0, 0.05) is 13.0 Å². The molecule has 1 fully saturated rings. The minimum absolute atomic E-state index is 0.108. The smallest absolute Gasteiger partial charge is 0.223 e. The number of nitriles is 1. The Morgan fingerprint density at radius 3 is 2.84 bits per heavy atom. The van der Waals surface area contributed by atoms with E-state index in [4.69, 9.17) is 22.2 Å². The van der Waals surface area contributed by atoms with Crippen LogP contribution in [0.5, 0.6) is 0 Å². The van der Waals surface area contributed by atoms with Crippen molar-refractivity contribution in [2.24, 2.45) is 5.41 Å². The van der Waals surface area contributed by atoms with Crippen LogP contribution in [0.25, 0.3) is 0 Å². The fraction of sp³-hybridized carbons (Fsp3) is 0.769. The fourth-order valence-electron chi connectivity index (χ4n) is 1.93. The molecule has 1 amide bonds. The summed E-state index contributed by atoms with van der Waals surface area (Å²) < 4.78 is 5.73. The van der Waals surface area contributed by atoms with Gasteiger partial charge in [0.25, 0.3) is 0 Å². The van der Waals surface area contributed by atoms with Gasteiger partial charge >= 0.3 is 0 Å². The maximum absolute atomic E-state index is 11.9. The molecule has 1 unspecified atom stereocenters. The van der Waals surface area contributed by atoms with Crippen molar-refractivity contribution in [3.05, 3.63) is 0 Å². The van der Waals surface area contributed by atoms with E-state index in [-0.39, 0.29) is 11.3 Å². The number of hydrogen-bond donors (Lipinski definition) is 0. The van der Waals surface area contributed by atoms with E-state index in [0.29, 0.717) is 23.8 Å². The first-order valence-electron chi connectivity index (χ1n) is 6.43. The molecule has 1 aliphatic heterocycles. The molecule has 0 aromatic rings. The zero-order valence-electron chi connectivity index (χ0n) is 11.6. The van der Waals surface area contributed by atoms with Crippen LogP contribution >= 0.6 is 24.0 Å². The number of thioether (sulfide) groups is 1. The second kappa shape index (κ2) is 7.11. The topological polar surface area (TPSA) is 53.3 Å². The Morgan fingerprint density at radius 1 is 1.68 bits per heavy atom. The summed E-state index contributed by atoms with van der Waals surface area (Å²) in [5, 5.41) is 9.05. The van der Waals surface area contributed by atoms with Crippen LogP contribution in [-0.2, 0) is 9.53 Å². The van der Waals surface area contributed by atoms with Gasteiger partial charge in [0.2, 0.25) is 10.3 Å². The molecule has 0 N–H and O–H groups in total. The lowest BCUT2D eigenvalue weighted by atomic mass is 9.91. The Labute approximate surface area is 124 Å². The zero-order chi connectivity index (χ0) is 14.5. The number of thiocarbonyl (C=S) groups is 1. The molecule has 1 atom stereocenters. The van der Waals surface area contributed by atoms with Gasteiger partial charge in [-0.05, 0) is 45.8 Å². The maximum Gasteiger partial charge on any atom is 0.223 e. The van der Waals surface area contributed by atoms with Crippen LogP contribution in [0, 0.1) is 16.7 Å². The van der Waals surface area contributed by atoms with Crippen molar-refractivity contribution >= 4 is 34.3 Å². The van der Waals surface area contributed by atoms with Gasteiger partial charge in [0.05, 0.1) is 23.5 Å². The van der Waals surface area contributed by atoms with E-state index >= 15 is 0 Å².